The third kappa shape index (κ3) is 4.69. The molecule has 0 unspecified atom stereocenters. The Labute approximate surface area is 139 Å². The Bertz CT molecular complexity index is 690. The molecule has 0 bridgehead atoms. The zero-order valence-electron chi connectivity index (χ0n) is 13.9. The second-order valence-corrected chi connectivity index (χ2v) is 5.19. The normalized spacial score (nSPS) is 11.8. The number of nitrogens with zero attached hydrogens (tertiary/aromatic N) is 2. The Morgan fingerprint density at radius 1 is 1.42 bits per heavy atom. The third-order valence-electron chi connectivity index (χ3n) is 3.42. The van der Waals surface area contributed by atoms with Crippen LogP contribution in [-0.4, -0.2) is 36.6 Å². The summed E-state index contributed by atoms with van der Waals surface area (Å²) in [5.41, 5.74) is 1.12. The zero-order chi connectivity index (χ0) is 17.5. The number of urea groups is 1. The third-order valence-corrected chi connectivity index (χ3v) is 3.42. The molecule has 0 aliphatic heterocycles. The average molecular weight is 336 g/mol. The van der Waals surface area contributed by atoms with Gasteiger partial charge in [-0.25, -0.2) is 9.18 Å². The summed E-state index contributed by atoms with van der Waals surface area (Å²) >= 11 is 0. The van der Waals surface area contributed by atoms with Gasteiger partial charge in [-0.2, -0.15) is 5.10 Å². The number of anilines is 1. The largest absolute Gasteiger partial charge is 0.496 e. The van der Waals surface area contributed by atoms with Gasteiger partial charge in [0.15, 0.2) is 0 Å². The van der Waals surface area contributed by atoms with Gasteiger partial charge in [0.1, 0.15) is 11.6 Å². The average Bonchev–Trinajstić information content (AvgIpc) is 2.99. The first-order valence-electron chi connectivity index (χ1n) is 7.46. The van der Waals surface area contributed by atoms with E-state index in [1.165, 1.54) is 25.3 Å². The first-order valence-corrected chi connectivity index (χ1v) is 7.46. The summed E-state index contributed by atoms with van der Waals surface area (Å²) in [6.07, 6.45) is 3.24. The molecular weight excluding hydrogens is 315 g/mol. The molecule has 0 fully saturated rings. The minimum atomic E-state index is -0.431. The van der Waals surface area contributed by atoms with Crippen LogP contribution in [0.3, 0.4) is 0 Å². The number of ether oxygens (including phenoxy) is 2. The topological polar surface area (TPSA) is 77.4 Å². The molecule has 130 valence electrons. The van der Waals surface area contributed by atoms with Gasteiger partial charge in [-0.3, -0.25) is 4.68 Å². The predicted molar refractivity (Wildman–Crippen MR) is 87.6 cm³/mol. The summed E-state index contributed by atoms with van der Waals surface area (Å²) in [5, 5.41) is 9.53. The molecule has 1 heterocycles. The molecule has 24 heavy (non-hydrogen) atoms. The maximum absolute atomic E-state index is 13.4. The van der Waals surface area contributed by atoms with E-state index in [9.17, 15) is 9.18 Å². The van der Waals surface area contributed by atoms with Crippen molar-refractivity contribution < 1.29 is 18.7 Å². The van der Waals surface area contributed by atoms with Crippen LogP contribution in [0, 0.1) is 5.82 Å². The molecule has 1 atom stereocenters. The fraction of sp³-hybridized carbons (Fsp3) is 0.375. The van der Waals surface area contributed by atoms with Gasteiger partial charge >= 0.3 is 6.03 Å². The smallest absolute Gasteiger partial charge is 0.319 e. The molecule has 8 heteroatoms. The van der Waals surface area contributed by atoms with Gasteiger partial charge in [-0.05, 0) is 25.1 Å². The molecule has 0 saturated heterocycles. The fourth-order valence-electron chi connectivity index (χ4n) is 2.22. The van der Waals surface area contributed by atoms with Crippen LogP contribution in [0.2, 0.25) is 0 Å². The van der Waals surface area contributed by atoms with Gasteiger partial charge in [0.05, 0.1) is 38.2 Å². The molecule has 2 amide bonds. The minimum Gasteiger partial charge on any atom is -0.496 e. The second-order valence-electron chi connectivity index (χ2n) is 5.19. The number of carbonyl (C=O) groups is 1. The number of aromatic nitrogens is 2. The van der Waals surface area contributed by atoms with E-state index in [1.54, 1.807) is 31.1 Å². The van der Waals surface area contributed by atoms with Crippen molar-refractivity contribution in [2.45, 2.75) is 19.5 Å². The van der Waals surface area contributed by atoms with Crippen molar-refractivity contribution in [1.82, 2.24) is 15.1 Å². The molecule has 0 radical (unpaired) electrons. The van der Waals surface area contributed by atoms with Crippen molar-refractivity contribution >= 4 is 11.7 Å². The molecular formula is C16H21FN4O3. The van der Waals surface area contributed by atoms with E-state index in [1.807, 2.05) is 0 Å². The van der Waals surface area contributed by atoms with Crippen LogP contribution in [0.25, 0.3) is 0 Å². The molecule has 0 saturated carbocycles. The van der Waals surface area contributed by atoms with Gasteiger partial charge in [-0.15, -0.1) is 0 Å². The number of nitrogens with one attached hydrogen (secondary N) is 2. The number of methoxy groups -OCH3 is 2. The Hall–Kier alpha value is -2.61. The van der Waals surface area contributed by atoms with Crippen molar-refractivity contribution in [3.63, 3.8) is 0 Å². The number of carbonyl (C=O) groups excluding carboxylic acids is 1. The van der Waals surface area contributed by atoms with E-state index in [0.29, 0.717) is 30.2 Å². The number of hydrogen-bond donors (Lipinski definition) is 2. The van der Waals surface area contributed by atoms with E-state index in [0.717, 1.165) is 0 Å². The highest BCUT2D eigenvalue weighted by Gasteiger charge is 2.15. The lowest BCUT2D eigenvalue weighted by atomic mass is 10.1. The Kier molecular flexibility index (Phi) is 6.14. The number of halogens is 1. The van der Waals surface area contributed by atoms with Gasteiger partial charge in [0.25, 0.3) is 0 Å². The van der Waals surface area contributed by atoms with Crippen molar-refractivity contribution in [3.8, 4) is 5.75 Å². The van der Waals surface area contributed by atoms with Gasteiger partial charge in [-0.1, -0.05) is 0 Å². The first kappa shape index (κ1) is 17.7. The summed E-state index contributed by atoms with van der Waals surface area (Å²) in [5.74, 6) is 0.121. The van der Waals surface area contributed by atoms with E-state index in [2.05, 4.69) is 15.7 Å². The minimum absolute atomic E-state index is 0.390. The zero-order valence-corrected chi connectivity index (χ0v) is 13.9. The van der Waals surface area contributed by atoms with E-state index in [4.69, 9.17) is 9.47 Å². The van der Waals surface area contributed by atoms with E-state index < -0.39 is 12.1 Å². The van der Waals surface area contributed by atoms with Crippen LogP contribution in [0.5, 0.6) is 5.75 Å². The van der Waals surface area contributed by atoms with Crippen LogP contribution >= 0.6 is 0 Å². The number of amides is 2. The molecule has 2 N–H and O–H groups in total. The first-order chi connectivity index (χ1) is 11.5. The molecule has 1 aromatic heterocycles. The molecule has 0 aliphatic carbocycles. The van der Waals surface area contributed by atoms with Gasteiger partial charge in [0, 0.05) is 18.9 Å². The van der Waals surface area contributed by atoms with E-state index >= 15 is 0 Å². The number of rotatable bonds is 7. The van der Waals surface area contributed by atoms with Crippen LogP contribution in [0.1, 0.15) is 18.5 Å². The van der Waals surface area contributed by atoms with Crippen molar-refractivity contribution in [2.24, 2.45) is 0 Å². The SMILES string of the molecule is COCCn1cc(NC(=O)N[C@H](C)c2cc(F)ccc2OC)cn1. The highest BCUT2D eigenvalue weighted by molar-refractivity contribution is 5.89. The van der Waals surface area contributed by atoms with Crippen molar-refractivity contribution in [3.05, 3.63) is 42.0 Å². The molecule has 2 aromatic rings. The maximum Gasteiger partial charge on any atom is 0.319 e. The maximum atomic E-state index is 13.4. The number of benzene rings is 1. The van der Waals surface area contributed by atoms with Crippen LogP contribution in [0.4, 0.5) is 14.9 Å². The summed E-state index contributed by atoms with van der Waals surface area (Å²) < 4.78 is 25.3. The quantitative estimate of drug-likeness (QED) is 0.815. The number of hydrogen-bond acceptors (Lipinski definition) is 4. The predicted octanol–water partition coefficient (Wildman–Crippen LogP) is 2.56. The van der Waals surface area contributed by atoms with Crippen molar-refractivity contribution in [2.75, 3.05) is 26.1 Å². The standard InChI is InChI=1S/C16H21FN4O3/c1-11(14-8-12(17)4-5-15(14)24-3)19-16(22)20-13-9-18-21(10-13)6-7-23-2/h4-5,8-11H,6-7H2,1-3H3,(H2,19,20,22)/t11-/m1/s1. The van der Waals surface area contributed by atoms with Gasteiger partial charge < -0.3 is 20.1 Å². The van der Waals surface area contributed by atoms with Crippen LogP contribution in [0.15, 0.2) is 30.6 Å². The lowest BCUT2D eigenvalue weighted by Crippen LogP contribution is -2.31. The highest BCUT2D eigenvalue weighted by Crippen LogP contribution is 2.25. The summed E-state index contributed by atoms with van der Waals surface area (Å²) in [7, 11) is 3.11. The lowest BCUT2D eigenvalue weighted by molar-refractivity contribution is 0.183. The fourth-order valence-corrected chi connectivity index (χ4v) is 2.22. The molecule has 7 nitrogen and oxygen atoms in total. The molecule has 1 aromatic carbocycles. The highest BCUT2D eigenvalue weighted by atomic mass is 19.1. The second kappa shape index (κ2) is 8.30. The summed E-state index contributed by atoms with van der Waals surface area (Å²) in [6.45, 7) is 2.87. The Balaban J connectivity index is 1.96. The van der Waals surface area contributed by atoms with Gasteiger partial charge in [0.2, 0.25) is 0 Å². The lowest BCUT2D eigenvalue weighted by Gasteiger charge is -2.17. The van der Waals surface area contributed by atoms with Crippen LogP contribution in [-0.2, 0) is 11.3 Å². The van der Waals surface area contributed by atoms with Crippen molar-refractivity contribution in [1.29, 1.82) is 0 Å². The molecule has 2 rings (SSSR count). The summed E-state index contributed by atoms with van der Waals surface area (Å²) in [6, 6.07) is 3.33. The molecule has 0 spiro atoms. The Morgan fingerprint density at radius 2 is 2.21 bits per heavy atom. The van der Waals surface area contributed by atoms with Crippen LogP contribution < -0.4 is 15.4 Å². The monoisotopic (exact) mass is 336 g/mol. The van der Waals surface area contributed by atoms with E-state index in [-0.39, 0.29) is 5.82 Å². The summed E-state index contributed by atoms with van der Waals surface area (Å²) in [4.78, 5) is 12.1. The Morgan fingerprint density at radius 3 is 2.92 bits per heavy atom. The molecule has 0 aliphatic rings.